The van der Waals surface area contributed by atoms with Crippen molar-refractivity contribution in [3.8, 4) is 0 Å². The van der Waals surface area contributed by atoms with Gasteiger partial charge in [-0.1, -0.05) is 41.5 Å². The number of rotatable bonds is 7. The molecule has 0 heterocycles. The highest BCUT2D eigenvalue weighted by atomic mass is 16.5. The average Bonchev–Trinajstić information content (AvgIpc) is 2.73. The molecule has 0 radical (unpaired) electrons. The fourth-order valence-electron chi connectivity index (χ4n) is 4.73. The Morgan fingerprint density at radius 1 is 1.24 bits per heavy atom. The van der Waals surface area contributed by atoms with Crippen LogP contribution in [0.15, 0.2) is 0 Å². The highest BCUT2D eigenvalue weighted by Crippen LogP contribution is 2.57. The third kappa shape index (κ3) is 5.06. The lowest BCUT2D eigenvalue weighted by molar-refractivity contribution is -0.154. The lowest BCUT2D eigenvalue weighted by Crippen LogP contribution is -2.46. The number of Topliss-reactive ketones (excluding diaryl/α,β-unsaturated/α-hetero) is 1. The van der Waals surface area contributed by atoms with Crippen LogP contribution in [0.5, 0.6) is 0 Å². The summed E-state index contributed by atoms with van der Waals surface area (Å²) in [6.45, 7) is 16.9. The van der Waals surface area contributed by atoms with Gasteiger partial charge in [0.1, 0.15) is 5.78 Å². The number of ketones is 1. The van der Waals surface area contributed by atoms with Crippen LogP contribution in [0.25, 0.3) is 0 Å². The molecule has 0 saturated heterocycles. The van der Waals surface area contributed by atoms with Crippen LogP contribution >= 0.6 is 0 Å². The third-order valence-electron chi connectivity index (χ3n) is 5.88. The van der Waals surface area contributed by atoms with Crippen molar-refractivity contribution in [2.75, 3.05) is 6.54 Å². The van der Waals surface area contributed by atoms with Gasteiger partial charge >= 0.3 is 5.97 Å². The Kier molecular flexibility index (Phi) is 6.88. The quantitative estimate of drug-likeness (QED) is 0.691. The maximum atomic E-state index is 13.8. The van der Waals surface area contributed by atoms with Gasteiger partial charge in [0.15, 0.2) is 0 Å². The van der Waals surface area contributed by atoms with Crippen molar-refractivity contribution in [2.24, 2.45) is 33.8 Å². The van der Waals surface area contributed by atoms with Crippen LogP contribution in [0.2, 0.25) is 0 Å². The lowest BCUT2D eigenvalue weighted by atomic mass is 9.62. The molecule has 1 fully saturated rings. The smallest absolute Gasteiger partial charge is 0.306 e. The van der Waals surface area contributed by atoms with Crippen LogP contribution in [0.3, 0.4) is 0 Å². The molecule has 0 bridgehead atoms. The molecule has 0 spiro atoms. The van der Waals surface area contributed by atoms with E-state index in [2.05, 4.69) is 20.8 Å². The highest BCUT2D eigenvalue weighted by Gasteiger charge is 2.56. The standard InChI is InChI=1S/C21H39NO3/c1-9-21(13-20(7,8)11-15(21)12-22)18(24)16(19(4,5)6)10-17(23)25-14(2)3/h14-16H,9-13,22H2,1-8H3/t15-,16+,21?/m0/s1. The van der Waals surface area contributed by atoms with E-state index < -0.39 is 5.41 Å². The summed E-state index contributed by atoms with van der Waals surface area (Å²) in [4.78, 5) is 26.1. The molecular weight excluding hydrogens is 314 g/mol. The molecule has 0 aromatic heterocycles. The van der Waals surface area contributed by atoms with Gasteiger partial charge in [-0.05, 0) is 56.4 Å². The van der Waals surface area contributed by atoms with Gasteiger partial charge in [0, 0.05) is 11.3 Å². The fourth-order valence-corrected chi connectivity index (χ4v) is 4.73. The Morgan fingerprint density at radius 2 is 1.80 bits per heavy atom. The number of nitrogens with two attached hydrogens (primary N) is 1. The first-order chi connectivity index (χ1) is 11.3. The maximum absolute atomic E-state index is 13.8. The largest absolute Gasteiger partial charge is 0.463 e. The number of esters is 1. The molecule has 146 valence electrons. The summed E-state index contributed by atoms with van der Waals surface area (Å²) in [5.41, 5.74) is 5.47. The second kappa shape index (κ2) is 7.77. The van der Waals surface area contributed by atoms with Gasteiger partial charge in [-0.25, -0.2) is 0 Å². The molecule has 1 unspecified atom stereocenters. The zero-order valence-corrected chi connectivity index (χ0v) is 17.6. The summed E-state index contributed by atoms with van der Waals surface area (Å²) in [6, 6.07) is 0. The van der Waals surface area contributed by atoms with Gasteiger partial charge in [0.05, 0.1) is 12.5 Å². The van der Waals surface area contributed by atoms with Crippen molar-refractivity contribution in [3.63, 3.8) is 0 Å². The molecule has 2 N–H and O–H groups in total. The van der Waals surface area contributed by atoms with Gasteiger partial charge in [-0.15, -0.1) is 0 Å². The Hall–Kier alpha value is -0.900. The Morgan fingerprint density at radius 3 is 2.20 bits per heavy atom. The van der Waals surface area contributed by atoms with Crippen molar-refractivity contribution in [3.05, 3.63) is 0 Å². The van der Waals surface area contributed by atoms with Crippen molar-refractivity contribution in [2.45, 2.75) is 87.2 Å². The minimum atomic E-state index is -0.422. The maximum Gasteiger partial charge on any atom is 0.306 e. The number of hydrogen-bond donors (Lipinski definition) is 1. The van der Waals surface area contributed by atoms with E-state index in [4.69, 9.17) is 10.5 Å². The molecule has 1 aliphatic rings. The van der Waals surface area contributed by atoms with E-state index in [1.807, 2.05) is 34.6 Å². The molecular formula is C21H39NO3. The van der Waals surface area contributed by atoms with E-state index in [9.17, 15) is 9.59 Å². The van der Waals surface area contributed by atoms with Crippen molar-refractivity contribution < 1.29 is 14.3 Å². The van der Waals surface area contributed by atoms with E-state index in [0.29, 0.717) is 6.54 Å². The van der Waals surface area contributed by atoms with Gasteiger partial charge in [-0.3, -0.25) is 9.59 Å². The first-order valence-electron chi connectivity index (χ1n) is 9.73. The second-order valence-electron chi connectivity index (χ2n) is 10.0. The zero-order valence-electron chi connectivity index (χ0n) is 17.6. The van der Waals surface area contributed by atoms with E-state index >= 15 is 0 Å². The fraction of sp³-hybridized carbons (Fsp3) is 0.905. The molecule has 0 amide bonds. The average molecular weight is 354 g/mol. The van der Waals surface area contributed by atoms with Gasteiger partial charge in [-0.2, -0.15) is 0 Å². The Bertz CT molecular complexity index is 490. The van der Waals surface area contributed by atoms with Crippen LogP contribution in [0.4, 0.5) is 0 Å². The molecule has 0 aromatic carbocycles. The Balaban J connectivity index is 3.20. The zero-order chi connectivity index (χ0) is 19.6. The monoisotopic (exact) mass is 353 g/mol. The SMILES string of the molecule is CCC1(C(=O)[C@@H](CC(=O)OC(C)C)C(C)(C)C)CC(C)(C)C[C@H]1CN. The molecule has 0 aromatic rings. The van der Waals surface area contributed by atoms with Crippen LogP contribution in [-0.2, 0) is 14.3 Å². The molecule has 4 heteroatoms. The summed E-state index contributed by atoms with van der Waals surface area (Å²) in [7, 11) is 0. The molecule has 1 saturated carbocycles. The Labute approximate surface area is 154 Å². The summed E-state index contributed by atoms with van der Waals surface area (Å²) >= 11 is 0. The summed E-state index contributed by atoms with van der Waals surface area (Å²) in [5.74, 6) is -0.229. The lowest BCUT2D eigenvalue weighted by Gasteiger charge is -2.40. The van der Waals surface area contributed by atoms with Crippen LogP contribution < -0.4 is 5.73 Å². The minimum absolute atomic E-state index is 0.108. The first kappa shape index (κ1) is 22.1. The van der Waals surface area contributed by atoms with E-state index in [1.165, 1.54) is 0 Å². The van der Waals surface area contributed by atoms with Gasteiger partial charge in [0.25, 0.3) is 0 Å². The van der Waals surface area contributed by atoms with Crippen molar-refractivity contribution in [1.29, 1.82) is 0 Å². The predicted molar refractivity (Wildman–Crippen MR) is 102 cm³/mol. The molecule has 0 aliphatic heterocycles. The summed E-state index contributed by atoms with van der Waals surface area (Å²) < 4.78 is 5.33. The van der Waals surface area contributed by atoms with Crippen LogP contribution in [0, 0.1) is 28.1 Å². The van der Waals surface area contributed by atoms with E-state index in [0.717, 1.165) is 19.3 Å². The van der Waals surface area contributed by atoms with Crippen molar-refractivity contribution >= 4 is 11.8 Å². The first-order valence-corrected chi connectivity index (χ1v) is 9.73. The molecule has 25 heavy (non-hydrogen) atoms. The van der Waals surface area contributed by atoms with E-state index in [-0.39, 0.29) is 46.9 Å². The topological polar surface area (TPSA) is 69.4 Å². The van der Waals surface area contributed by atoms with Crippen molar-refractivity contribution in [1.82, 2.24) is 0 Å². The second-order valence-corrected chi connectivity index (χ2v) is 10.0. The number of carbonyl (C=O) groups is 2. The van der Waals surface area contributed by atoms with E-state index in [1.54, 1.807) is 0 Å². The molecule has 3 atom stereocenters. The number of hydrogen-bond acceptors (Lipinski definition) is 4. The normalized spacial score (nSPS) is 27.4. The van der Waals surface area contributed by atoms with Crippen LogP contribution in [-0.4, -0.2) is 24.4 Å². The summed E-state index contributed by atoms with van der Waals surface area (Å²) in [6.07, 6.45) is 2.59. The number of ether oxygens (including phenoxy) is 1. The van der Waals surface area contributed by atoms with Gasteiger partial charge < -0.3 is 10.5 Å². The summed E-state index contributed by atoms with van der Waals surface area (Å²) in [5, 5.41) is 0. The third-order valence-corrected chi connectivity index (χ3v) is 5.88. The predicted octanol–water partition coefficient (Wildman–Crippen LogP) is 4.35. The van der Waals surface area contributed by atoms with Crippen LogP contribution in [0.1, 0.15) is 81.1 Å². The molecule has 4 nitrogen and oxygen atoms in total. The molecule has 1 aliphatic carbocycles. The van der Waals surface area contributed by atoms with Gasteiger partial charge in [0.2, 0.25) is 0 Å². The molecule has 1 rings (SSSR count). The number of carbonyl (C=O) groups excluding carboxylic acids is 2. The highest BCUT2D eigenvalue weighted by molar-refractivity contribution is 5.91. The minimum Gasteiger partial charge on any atom is -0.463 e.